The molecule has 5 heteroatoms. The highest BCUT2D eigenvalue weighted by Gasteiger charge is 2.30. The second kappa shape index (κ2) is 3.72. The highest BCUT2D eigenvalue weighted by Crippen LogP contribution is 2.32. The van der Waals surface area contributed by atoms with Crippen LogP contribution in [0.4, 0.5) is 0 Å². The van der Waals surface area contributed by atoms with Crippen molar-refractivity contribution in [2.24, 2.45) is 0 Å². The number of rotatable bonds is 0. The molecule has 0 aromatic heterocycles. The van der Waals surface area contributed by atoms with Gasteiger partial charge >= 0.3 is 0 Å². The van der Waals surface area contributed by atoms with Gasteiger partial charge in [0.15, 0.2) is 0 Å². The largest absolute Gasteiger partial charge is 0.258 e. The summed E-state index contributed by atoms with van der Waals surface area (Å²) < 4.78 is -1.19. The van der Waals surface area contributed by atoms with Crippen LogP contribution in [0, 0.1) is 0 Å². The first-order valence-electron chi connectivity index (χ1n) is 3.00. The van der Waals surface area contributed by atoms with Crippen LogP contribution in [0.1, 0.15) is 0 Å². The fourth-order valence-electron chi connectivity index (χ4n) is 0.817. The van der Waals surface area contributed by atoms with Gasteiger partial charge in [-0.3, -0.25) is 4.90 Å². The van der Waals surface area contributed by atoms with Gasteiger partial charge in [0.05, 0.1) is 0 Å². The number of hydrogen-bond acceptors (Lipinski definition) is 2. The van der Waals surface area contributed by atoms with Gasteiger partial charge in [-0.25, -0.2) is 0 Å². The van der Waals surface area contributed by atoms with Crippen LogP contribution in [-0.4, -0.2) is 33.4 Å². The van der Waals surface area contributed by atoms with Gasteiger partial charge in [-0.1, -0.05) is 34.8 Å². The second-order valence-electron chi connectivity index (χ2n) is 2.07. The predicted octanol–water partition coefficient (Wildman–Crippen LogP) is 2.36. The molecule has 1 saturated heterocycles. The number of halogens is 3. The zero-order valence-electron chi connectivity index (χ0n) is 5.32. The van der Waals surface area contributed by atoms with Gasteiger partial charge in [-0.2, -0.15) is 11.8 Å². The van der Waals surface area contributed by atoms with Crippen LogP contribution in [0.3, 0.4) is 0 Å². The molecule has 1 heterocycles. The Morgan fingerprint density at radius 1 is 1.10 bits per heavy atom. The lowest BCUT2D eigenvalue weighted by Crippen LogP contribution is -2.41. The summed E-state index contributed by atoms with van der Waals surface area (Å²) in [5.41, 5.74) is 0. The maximum absolute atomic E-state index is 5.66. The number of nitrogens with zero attached hydrogens (tertiary/aromatic N) is 1. The van der Waals surface area contributed by atoms with E-state index in [1.165, 1.54) is 0 Å². The average molecular weight is 221 g/mol. The lowest BCUT2D eigenvalue weighted by Gasteiger charge is -2.31. The highest BCUT2D eigenvalue weighted by atomic mass is 35.6. The maximum atomic E-state index is 5.66. The molecule has 0 aliphatic carbocycles. The van der Waals surface area contributed by atoms with E-state index >= 15 is 0 Å². The van der Waals surface area contributed by atoms with E-state index in [2.05, 4.69) is 0 Å². The van der Waals surface area contributed by atoms with Crippen LogP contribution < -0.4 is 0 Å². The summed E-state index contributed by atoms with van der Waals surface area (Å²) in [6, 6.07) is 0. The Hall–Kier alpha value is 1.18. The Labute approximate surface area is 80.0 Å². The van der Waals surface area contributed by atoms with E-state index in [-0.39, 0.29) is 0 Å². The van der Waals surface area contributed by atoms with Crippen molar-refractivity contribution in [2.75, 3.05) is 24.6 Å². The molecular formula is C5H8Cl3NS. The lowest BCUT2D eigenvalue weighted by molar-refractivity contribution is 0.305. The average Bonchev–Trinajstić information content (AvgIpc) is 1.88. The van der Waals surface area contributed by atoms with Gasteiger partial charge in [-0.15, -0.1) is 0 Å². The minimum absolute atomic E-state index is 0.876. The van der Waals surface area contributed by atoms with Crippen molar-refractivity contribution in [2.45, 2.75) is 3.92 Å². The summed E-state index contributed by atoms with van der Waals surface area (Å²) in [6.45, 7) is 1.75. The zero-order chi connectivity index (χ0) is 7.61. The first kappa shape index (κ1) is 9.27. The van der Waals surface area contributed by atoms with Crippen LogP contribution >= 0.6 is 46.6 Å². The van der Waals surface area contributed by atoms with Crippen LogP contribution in [0.25, 0.3) is 0 Å². The first-order valence-corrected chi connectivity index (χ1v) is 5.29. The van der Waals surface area contributed by atoms with E-state index in [9.17, 15) is 0 Å². The molecule has 0 aromatic carbocycles. The third-order valence-corrected chi connectivity index (χ3v) is 3.03. The molecule has 0 atom stereocenters. The fraction of sp³-hybridized carbons (Fsp3) is 1.00. The Balaban J connectivity index is 2.39. The van der Waals surface area contributed by atoms with Crippen molar-refractivity contribution in [3.8, 4) is 0 Å². The van der Waals surface area contributed by atoms with Crippen molar-refractivity contribution >= 4 is 46.6 Å². The van der Waals surface area contributed by atoms with E-state index in [1.807, 2.05) is 16.7 Å². The topological polar surface area (TPSA) is 3.24 Å². The van der Waals surface area contributed by atoms with Crippen LogP contribution in [0.5, 0.6) is 0 Å². The summed E-state index contributed by atoms with van der Waals surface area (Å²) in [7, 11) is 0. The molecular weight excluding hydrogens is 212 g/mol. The molecule has 0 spiro atoms. The van der Waals surface area contributed by atoms with E-state index in [1.54, 1.807) is 0 Å². The fourth-order valence-corrected chi connectivity index (χ4v) is 2.23. The SMILES string of the molecule is ClC(Cl)(Cl)N1CCSCC1. The van der Waals surface area contributed by atoms with Crippen molar-refractivity contribution in [3.05, 3.63) is 0 Å². The lowest BCUT2D eigenvalue weighted by atomic mass is 10.5. The van der Waals surface area contributed by atoms with Gasteiger partial charge in [-0.05, 0) is 0 Å². The third-order valence-electron chi connectivity index (χ3n) is 1.37. The summed E-state index contributed by atoms with van der Waals surface area (Å²) >= 11 is 18.9. The van der Waals surface area contributed by atoms with Gasteiger partial charge in [0.2, 0.25) is 3.92 Å². The Morgan fingerprint density at radius 2 is 1.60 bits per heavy atom. The molecule has 60 valence electrons. The third kappa shape index (κ3) is 2.67. The molecule has 10 heavy (non-hydrogen) atoms. The summed E-state index contributed by atoms with van der Waals surface area (Å²) in [6.07, 6.45) is 0. The van der Waals surface area contributed by atoms with Gasteiger partial charge in [0.25, 0.3) is 0 Å². The zero-order valence-corrected chi connectivity index (χ0v) is 8.40. The first-order chi connectivity index (χ1) is 4.61. The van der Waals surface area contributed by atoms with Crippen molar-refractivity contribution in [1.82, 2.24) is 4.90 Å². The Kier molecular flexibility index (Phi) is 3.45. The van der Waals surface area contributed by atoms with Crippen molar-refractivity contribution in [1.29, 1.82) is 0 Å². The quantitative estimate of drug-likeness (QED) is 0.455. The van der Waals surface area contributed by atoms with Crippen LogP contribution in [0.15, 0.2) is 0 Å². The smallest absolute Gasteiger partial charge is 0.247 e. The van der Waals surface area contributed by atoms with E-state index < -0.39 is 3.92 Å². The second-order valence-corrected chi connectivity index (χ2v) is 5.51. The maximum Gasteiger partial charge on any atom is 0.247 e. The van der Waals surface area contributed by atoms with E-state index in [0.717, 1.165) is 24.6 Å². The molecule has 0 unspecified atom stereocenters. The summed E-state index contributed by atoms with van der Waals surface area (Å²) in [5.74, 6) is 2.13. The monoisotopic (exact) mass is 219 g/mol. The molecule has 0 aromatic rings. The number of alkyl halides is 3. The molecule has 1 fully saturated rings. The molecule has 0 amide bonds. The highest BCUT2D eigenvalue weighted by molar-refractivity contribution is 7.99. The molecule has 0 saturated carbocycles. The van der Waals surface area contributed by atoms with Gasteiger partial charge < -0.3 is 0 Å². The molecule has 1 nitrogen and oxygen atoms in total. The van der Waals surface area contributed by atoms with Crippen LogP contribution in [0.2, 0.25) is 0 Å². The Bertz CT molecular complexity index is 108. The van der Waals surface area contributed by atoms with Gasteiger partial charge in [0.1, 0.15) is 0 Å². The minimum Gasteiger partial charge on any atom is -0.258 e. The van der Waals surface area contributed by atoms with E-state index in [0.29, 0.717) is 0 Å². The van der Waals surface area contributed by atoms with Crippen molar-refractivity contribution in [3.63, 3.8) is 0 Å². The summed E-state index contributed by atoms with van der Waals surface area (Å²) in [4.78, 5) is 1.86. The van der Waals surface area contributed by atoms with Gasteiger partial charge in [0, 0.05) is 24.6 Å². The molecule has 1 aliphatic heterocycles. The Morgan fingerprint density at radius 3 is 1.90 bits per heavy atom. The molecule has 0 bridgehead atoms. The normalized spacial score (nSPS) is 23.1. The molecule has 0 N–H and O–H groups in total. The number of hydrogen-bond donors (Lipinski definition) is 0. The van der Waals surface area contributed by atoms with Crippen molar-refractivity contribution < 1.29 is 0 Å². The predicted molar refractivity (Wildman–Crippen MR) is 49.2 cm³/mol. The molecule has 0 radical (unpaired) electrons. The standard InChI is InChI=1S/C5H8Cl3NS/c6-5(7,8)9-1-3-10-4-2-9/h1-4H2. The number of thioether (sulfide) groups is 1. The minimum atomic E-state index is -1.19. The molecule has 1 rings (SSSR count). The van der Waals surface area contributed by atoms with Crippen LogP contribution in [-0.2, 0) is 0 Å². The summed E-state index contributed by atoms with van der Waals surface area (Å²) in [5, 5.41) is 0. The molecule has 1 aliphatic rings. The van der Waals surface area contributed by atoms with E-state index in [4.69, 9.17) is 34.8 Å².